The minimum absolute atomic E-state index is 0.00642. The highest BCUT2D eigenvalue weighted by molar-refractivity contribution is 7.45. The number of allylic oxidation sites excluding steroid dienone is 5. The van der Waals surface area contributed by atoms with Gasteiger partial charge in [-0.05, 0) is 57.8 Å². The second kappa shape index (κ2) is 41.1. The molecule has 1 amide bonds. The lowest BCUT2D eigenvalue weighted by Crippen LogP contribution is -2.45. The Kier molecular flexibility index (Phi) is 40.2. The molecule has 0 aromatic rings. The molecule has 0 saturated heterocycles. The van der Waals surface area contributed by atoms with E-state index in [9.17, 15) is 19.4 Å². The zero-order chi connectivity index (χ0) is 42.8. The van der Waals surface area contributed by atoms with E-state index in [1.54, 1.807) is 6.08 Å². The average Bonchev–Trinajstić information content (AvgIpc) is 3.17. The number of amides is 1. The number of likely N-dealkylation sites (N-methyl/N-ethyl adjacent to an activating group) is 1. The molecule has 342 valence electrons. The van der Waals surface area contributed by atoms with Gasteiger partial charge in [0.2, 0.25) is 5.91 Å². The summed E-state index contributed by atoms with van der Waals surface area (Å²) in [5.74, 6) is -0.209. The quantitative estimate of drug-likeness (QED) is 0.0274. The van der Waals surface area contributed by atoms with Crippen molar-refractivity contribution in [2.24, 2.45) is 0 Å². The van der Waals surface area contributed by atoms with Crippen molar-refractivity contribution in [1.29, 1.82) is 0 Å². The maximum atomic E-state index is 12.9. The molecule has 0 aromatic carbocycles. The zero-order valence-electron chi connectivity index (χ0n) is 38.8. The first-order valence-electron chi connectivity index (χ1n) is 24.4. The molecule has 8 nitrogen and oxygen atoms in total. The van der Waals surface area contributed by atoms with Crippen molar-refractivity contribution in [2.45, 2.75) is 231 Å². The van der Waals surface area contributed by atoms with Crippen molar-refractivity contribution in [2.75, 3.05) is 40.9 Å². The van der Waals surface area contributed by atoms with Gasteiger partial charge >= 0.3 is 0 Å². The molecule has 0 spiro atoms. The van der Waals surface area contributed by atoms with Gasteiger partial charge in [-0.15, -0.1) is 0 Å². The summed E-state index contributed by atoms with van der Waals surface area (Å²) in [6.45, 7) is 4.63. The molecule has 0 bridgehead atoms. The third-order valence-electron chi connectivity index (χ3n) is 10.8. The van der Waals surface area contributed by atoms with Gasteiger partial charge in [-0.1, -0.05) is 192 Å². The van der Waals surface area contributed by atoms with Crippen LogP contribution in [0.3, 0.4) is 0 Å². The summed E-state index contributed by atoms with van der Waals surface area (Å²) in [4.78, 5) is 25.4. The van der Waals surface area contributed by atoms with E-state index in [1.165, 1.54) is 161 Å². The standard InChI is InChI=1S/C49H95N2O6P/c1-6-8-10-12-14-16-18-20-22-24-25-27-29-31-33-35-37-39-41-43-49(53)50-47(46-57-58(54,55)56-45-44-51(3,4)5)48(52)42-40-38-36-34-32-30-28-26-23-21-19-17-15-13-11-9-7-2/h20,22,32,34,40,42,47-48,52H,6-19,21,23-31,33,35-39,41,43-46H2,1-5H3,(H-,50,53,54,55)/b22-20-,34-32+,42-40+. The van der Waals surface area contributed by atoms with Crippen LogP contribution in [-0.2, 0) is 18.4 Å². The molecule has 0 aliphatic rings. The third-order valence-corrected chi connectivity index (χ3v) is 11.8. The maximum Gasteiger partial charge on any atom is 0.268 e. The molecule has 9 heteroatoms. The monoisotopic (exact) mass is 839 g/mol. The lowest BCUT2D eigenvalue weighted by Gasteiger charge is -2.29. The van der Waals surface area contributed by atoms with E-state index in [1.807, 2.05) is 27.2 Å². The SMILES string of the molecule is CCCCCCCC/C=C\CCCCCCCCCCCC(=O)NC(COP(=O)([O-])OCC[N+](C)(C)C)C(O)/C=C/CC/C=C/CCCCCCCCCCCCC. The summed E-state index contributed by atoms with van der Waals surface area (Å²) in [6.07, 6.45) is 50.5. The maximum absolute atomic E-state index is 12.9. The van der Waals surface area contributed by atoms with Gasteiger partial charge in [-0.25, -0.2) is 0 Å². The number of hydrogen-bond donors (Lipinski definition) is 2. The van der Waals surface area contributed by atoms with Crippen LogP contribution >= 0.6 is 7.82 Å². The highest BCUT2D eigenvalue weighted by Gasteiger charge is 2.23. The number of nitrogens with zero attached hydrogens (tertiary/aromatic N) is 1. The number of unbranched alkanes of at least 4 members (excludes halogenated alkanes) is 27. The topological polar surface area (TPSA) is 108 Å². The fourth-order valence-electron chi connectivity index (χ4n) is 6.93. The van der Waals surface area contributed by atoms with Crippen molar-refractivity contribution >= 4 is 13.7 Å². The van der Waals surface area contributed by atoms with E-state index in [4.69, 9.17) is 9.05 Å². The number of rotatable bonds is 44. The second-order valence-corrected chi connectivity index (χ2v) is 19.2. The van der Waals surface area contributed by atoms with Crippen molar-refractivity contribution < 1.29 is 32.9 Å². The highest BCUT2D eigenvalue weighted by Crippen LogP contribution is 2.38. The van der Waals surface area contributed by atoms with Crippen LogP contribution in [0.2, 0.25) is 0 Å². The summed E-state index contributed by atoms with van der Waals surface area (Å²) in [5.41, 5.74) is 0. The Hall–Kier alpha value is -1.28. The molecular formula is C49H95N2O6P. The normalized spacial score (nSPS) is 14.5. The first-order valence-corrected chi connectivity index (χ1v) is 25.8. The summed E-state index contributed by atoms with van der Waals surface area (Å²) >= 11 is 0. The van der Waals surface area contributed by atoms with Crippen molar-refractivity contribution in [3.63, 3.8) is 0 Å². The smallest absolute Gasteiger partial charge is 0.268 e. The van der Waals surface area contributed by atoms with Gasteiger partial charge < -0.3 is 28.8 Å². The number of quaternary nitrogens is 1. The first-order chi connectivity index (χ1) is 28.0. The van der Waals surface area contributed by atoms with Gasteiger partial charge in [0, 0.05) is 6.42 Å². The van der Waals surface area contributed by atoms with Gasteiger partial charge in [-0.2, -0.15) is 0 Å². The van der Waals surface area contributed by atoms with E-state index in [0.717, 1.165) is 38.5 Å². The number of carbonyl (C=O) groups excluding carboxylic acids is 1. The Bertz CT molecular complexity index is 1040. The Morgan fingerprint density at radius 1 is 0.586 bits per heavy atom. The minimum atomic E-state index is -4.60. The lowest BCUT2D eigenvalue weighted by atomic mass is 10.0. The molecule has 0 saturated carbocycles. The lowest BCUT2D eigenvalue weighted by molar-refractivity contribution is -0.870. The predicted molar refractivity (Wildman–Crippen MR) is 247 cm³/mol. The van der Waals surface area contributed by atoms with Gasteiger partial charge in [-0.3, -0.25) is 9.36 Å². The highest BCUT2D eigenvalue weighted by atomic mass is 31.2. The summed E-state index contributed by atoms with van der Waals surface area (Å²) in [6, 6.07) is -0.902. The Morgan fingerprint density at radius 2 is 0.966 bits per heavy atom. The van der Waals surface area contributed by atoms with Crippen LogP contribution in [0, 0.1) is 0 Å². The summed E-state index contributed by atoms with van der Waals surface area (Å²) in [5, 5.41) is 13.8. The van der Waals surface area contributed by atoms with Crippen LogP contribution in [0.1, 0.15) is 219 Å². The minimum Gasteiger partial charge on any atom is -0.756 e. The Morgan fingerprint density at radius 3 is 1.40 bits per heavy atom. The molecule has 0 radical (unpaired) electrons. The van der Waals surface area contributed by atoms with E-state index in [2.05, 4.69) is 43.5 Å². The van der Waals surface area contributed by atoms with Crippen molar-refractivity contribution in [1.82, 2.24) is 5.32 Å². The number of aliphatic hydroxyl groups excluding tert-OH is 1. The number of phosphoric acid groups is 1. The van der Waals surface area contributed by atoms with E-state index in [-0.39, 0.29) is 12.5 Å². The average molecular weight is 839 g/mol. The second-order valence-electron chi connectivity index (χ2n) is 17.8. The number of nitrogens with one attached hydrogen (secondary N) is 1. The first kappa shape index (κ1) is 56.7. The molecule has 3 atom stereocenters. The molecule has 2 N–H and O–H groups in total. The Labute approximate surface area is 359 Å². The van der Waals surface area contributed by atoms with Gasteiger partial charge in [0.15, 0.2) is 0 Å². The molecule has 0 aliphatic heterocycles. The number of phosphoric ester groups is 1. The molecule has 58 heavy (non-hydrogen) atoms. The fourth-order valence-corrected chi connectivity index (χ4v) is 7.65. The number of aliphatic hydroxyl groups is 1. The number of hydrogen-bond acceptors (Lipinski definition) is 6. The zero-order valence-corrected chi connectivity index (χ0v) is 39.6. The van der Waals surface area contributed by atoms with Crippen molar-refractivity contribution in [3.05, 3.63) is 36.5 Å². The van der Waals surface area contributed by atoms with Crippen LogP contribution in [0.4, 0.5) is 0 Å². The third kappa shape index (κ3) is 42.8. The molecule has 0 rings (SSSR count). The van der Waals surface area contributed by atoms with Crippen LogP contribution in [0.25, 0.3) is 0 Å². The van der Waals surface area contributed by atoms with E-state index in [0.29, 0.717) is 17.4 Å². The number of carbonyl (C=O) groups is 1. The van der Waals surface area contributed by atoms with Crippen LogP contribution in [-0.4, -0.2) is 68.5 Å². The van der Waals surface area contributed by atoms with Gasteiger partial charge in [0.25, 0.3) is 7.82 Å². The molecule has 0 fully saturated rings. The van der Waals surface area contributed by atoms with Gasteiger partial charge in [0.1, 0.15) is 13.2 Å². The molecule has 0 aromatic heterocycles. The van der Waals surface area contributed by atoms with Crippen LogP contribution < -0.4 is 10.2 Å². The molecule has 0 heterocycles. The van der Waals surface area contributed by atoms with E-state index < -0.39 is 26.6 Å². The summed E-state index contributed by atoms with van der Waals surface area (Å²) in [7, 11) is 1.24. The van der Waals surface area contributed by atoms with Gasteiger partial charge in [0.05, 0.1) is 39.9 Å². The van der Waals surface area contributed by atoms with Crippen LogP contribution in [0.5, 0.6) is 0 Å². The summed E-state index contributed by atoms with van der Waals surface area (Å²) < 4.78 is 23.2. The Balaban J connectivity index is 4.39. The fraction of sp³-hybridized carbons (Fsp3) is 0.857. The largest absolute Gasteiger partial charge is 0.756 e. The molecular weight excluding hydrogens is 744 g/mol. The van der Waals surface area contributed by atoms with Crippen molar-refractivity contribution in [3.8, 4) is 0 Å². The predicted octanol–water partition coefficient (Wildman–Crippen LogP) is 13.2. The van der Waals surface area contributed by atoms with E-state index >= 15 is 0 Å². The molecule has 3 unspecified atom stereocenters. The van der Waals surface area contributed by atoms with Crippen LogP contribution in [0.15, 0.2) is 36.5 Å². The molecule has 0 aliphatic carbocycles.